The van der Waals surface area contributed by atoms with E-state index in [-0.39, 0.29) is 24.0 Å². The van der Waals surface area contributed by atoms with Gasteiger partial charge in [0.25, 0.3) is 0 Å². The smallest absolute Gasteiger partial charge is 0.191 e. The lowest BCUT2D eigenvalue weighted by atomic mass is 10.1. The minimum atomic E-state index is 0. The molecule has 6 heteroatoms. The number of likely N-dealkylation sites (tertiary alicyclic amines) is 1. The summed E-state index contributed by atoms with van der Waals surface area (Å²) in [6.07, 6.45) is 9.70. The first-order chi connectivity index (χ1) is 12.8. The molecule has 3 aliphatic rings. The second-order valence-electron chi connectivity index (χ2n) is 7.65. The van der Waals surface area contributed by atoms with Crippen LogP contribution in [0.5, 0.6) is 0 Å². The number of piperidine rings is 1. The van der Waals surface area contributed by atoms with Gasteiger partial charge in [-0.25, -0.2) is 0 Å². The molecule has 2 N–H and O–H groups in total. The van der Waals surface area contributed by atoms with Gasteiger partial charge in [-0.1, -0.05) is 24.3 Å². The molecular weight excluding hydrogens is 449 g/mol. The van der Waals surface area contributed by atoms with E-state index >= 15 is 0 Å². The van der Waals surface area contributed by atoms with Gasteiger partial charge in [0, 0.05) is 57.5 Å². The Labute approximate surface area is 180 Å². The molecule has 27 heavy (non-hydrogen) atoms. The van der Waals surface area contributed by atoms with Gasteiger partial charge >= 0.3 is 0 Å². The van der Waals surface area contributed by atoms with Crippen molar-refractivity contribution in [3.05, 3.63) is 42.0 Å². The highest BCUT2D eigenvalue weighted by Crippen LogP contribution is 2.29. The predicted molar refractivity (Wildman–Crippen MR) is 124 cm³/mol. The Bertz CT molecular complexity index is 637. The van der Waals surface area contributed by atoms with Gasteiger partial charge in [-0.15, -0.1) is 24.0 Å². The first kappa shape index (κ1) is 20.5. The SMILES string of the molecule is CN=C(NCc1ccc(N2CC=CC2)cc1)NC1CCN(C2CC2)CC1.I. The lowest BCUT2D eigenvalue weighted by Crippen LogP contribution is -2.48. The summed E-state index contributed by atoms with van der Waals surface area (Å²) in [7, 11) is 1.86. The highest BCUT2D eigenvalue weighted by atomic mass is 127. The quantitative estimate of drug-likeness (QED) is 0.294. The van der Waals surface area contributed by atoms with Gasteiger partial charge in [-0.05, 0) is 43.4 Å². The lowest BCUT2D eigenvalue weighted by Gasteiger charge is -2.33. The van der Waals surface area contributed by atoms with E-state index in [1.807, 2.05) is 7.05 Å². The fourth-order valence-electron chi connectivity index (χ4n) is 3.94. The zero-order chi connectivity index (χ0) is 17.8. The molecule has 2 aliphatic heterocycles. The van der Waals surface area contributed by atoms with E-state index < -0.39 is 0 Å². The van der Waals surface area contributed by atoms with Crippen molar-refractivity contribution in [1.29, 1.82) is 0 Å². The Morgan fingerprint density at radius 1 is 1.04 bits per heavy atom. The number of nitrogens with one attached hydrogen (secondary N) is 2. The standard InChI is InChI=1S/C21H31N5.HI/c1-22-21(24-18-10-14-26(15-11-18)20-8-9-20)23-16-17-4-6-19(7-5-17)25-12-2-3-13-25;/h2-7,18,20H,8-16H2,1H3,(H2,22,23,24);1H. The summed E-state index contributed by atoms with van der Waals surface area (Å²) in [5.41, 5.74) is 2.58. The Hall–Kier alpha value is -1.28. The molecule has 2 heterocycles. The van der Waals surface area contributed by atoms with Gasteiger partial charge in [0.15, 0.2) is 5.96 Å². The van der Waals surface area contributed by atoms with Gasteiger partial charge < -0.3 is 20.4 Å². The molecule has 5 nitrogen and oxygen atoms in total. The number of guanidine groups is 1. The van der Waals surface area contributed by atoms with Gasteiger partial charge in [-0.3, -0.25) is 4.99 Å². The molecule has 148 valence electrons. The van der Waals surface area contributed by atoms with Gasteiger partial charge in [0.1, 0.15) is 0 Å². The zero-order valence-electron chi connectivity index (χ0n) is 16.2. The second-order valence-corrected chi connectivity index (χ2v) is 7.65. The first-order valence-corrected chi connectivity index (χ1v) is 10.0. The normalized spacial score (nSPS) is 21.2. The third-order valence-corrected chi connectivity index (χ3v) is 5.74. The van der Waals surface area contributed by atoms with Gasteiger partial charge in [0.2, 0.25) is 0 Å². The van der Waals surface area contributed by atoms with Crippen LogP contribution >= 0.6 is 24.0 Å². The van der Waals surface area contributed by atoms with E-state index in [0.717, 1.165) is 31.6 Å². The van der Waals surface area contributed by atoms with Crippen molar-refractivity contribution in [3.8, 4) is 0 Å². The summed E-state index contributed by atoms with van der Waals surface area (Å²) < 4.78 is 0. The molecule has 0 unspecified atom stereocenters. The molecular formula is C21H32IN5. The van der Waals surface area contributed by atoms with E-state index in [9.17, 15) is 0 Å². The molecule has 1 saturated carbocycles. The fourth-order valence-corrected chi connectivity index (χ4v) is 3.94. The third kappa shape index (κ3) is 5.60. The minimum absolute atomic E-state index is 0. The van der Waals surface area contributed by atoms with E-state index in [4.69, 9.17) is 0 Å². The maximum Gasteiger partial charge on any atom is 0.191 e. The lowest BCUT2D eigenvalue weighted by molar-refractivity contribution is 0.197. The van der Waals surface area contributed by atoms with Crippen molar-refractivity contribution >= 4 is 35.6 Å². The third-order valence-electron chi connectivity index (χ3n) is 5.74. The molecule has 1 aromatic carbocycles. The Balaban J connectivity index is 0.00000210. The van der Waals surface area contributed by atoms with Crippen molar-refractivity contribution in [2.75, 3.05) is 38.1 Å². The summed E-state index contributed by atoms with van der Waals surface area (Å²) in [4.78, 5) is 9.43. The van der Waals surface area contributed by atoms with Crippen LogP contribution in [-0.2, 0) is 6.54 Å². The molecule has 0 bridgehead atoms. The molecule has 0 amide bonds. The average molecular weight is 481 g/mol. The van der Waals surface area contributed by atoms with Crippen molar-refractivity contribution in [1.82, 2.24) is 15.5 Å². The molecule has 1 aliphatic carbocycles. The predicted octanol–water partition coefficient (Wildman–Crippen LogP) is 2.97. The van der Waals surface area contributed by atoms with Crippen LogP contribution in [0.25, 0.3) is 0 Å². The summed E-state index contributed by atoms with van der Waals surface area (Å²) in [5.74, 6) is 0.919. The topological polar surface area (TPSA) is 42.9 Å². The molecule has 0 aromatic heterocycles. The van der Waals surface area contributed by atoms with Crippen molar-refractivity contribution in [3.63, 3.8) is 0 Å². The first-order valence-electron chi connectivity index (χ1n) is 10.0. The van der Waals surface area contributed by atoms with Crippen molar-refractivity contribution < 1.29 is 0 Å². The second kappa shape index (κ2) is 9.78. The number of aliphatic imine (C=N–C) groups is 1. The summed E-state index contributed by atoms with van der Waals surface area (Å²) in [5, 5.41) is 7.08. The van der Waals surface area contributed by atoms with Crippen LogP contribution in [0, 0.1) is 0 Å². The zero-order valence-corrected chi connectivity index (χ0v) is 18.6. The number of halogens is 1. The molecule has 2 fully saturated rings. The Morgan fingerprint density at radius 2 is 1.70 bits per heavy atom. The highest BCUT2D eigenvalue weighted by molar-refractivity contribution is 14.0. The van der Waals surface area contributed by atoms with Crippen LogP contribution in [0.3, 0.4) is 0 Å². The molecule has 0 atom stereocenters. The van der Waals surface area contributed by atoms with Crippen LogP contribution < -0.4 is 15.5 Å². The Morgan fingerprint density at radius 3 is 2.30 bits per heavy atom. The number of anilines is 1. The van der Waals surface area contributed by atoms with Gasteiger partial charge in [-0.2, -0.15) is 0 Å². The molecule has 1 aromatic rings. The average Bonchev–Trinajstić information content (AvgIpc) is 3.40. The number of hydrogen-bond acceptors (Lipinski definition) is 3. The maximum absolute atomic E-state index is 4.41. The highest BCUT2D eigenvalue weighted by Gasteiger charge is 2.31. The Kier molecular flexibility index (Phi) is 7.41. The molecule has 0 radical (unpaired) electrons. The van der Waals surface area contributed by atoms with E-state index in [1.54, 1.807) is 0 Å². The van der Waals surface area contributed by atoms with Crippen LogP contribution in [0.4, 0.5) is 5.69 Å². The monoisotopic (exact) mass is 481 g/mol. The number of hydrogen-bond donors (Lipinski definition) is 2. The number of nitrogens with zero attached hydrogens (tertiary/aromatic N) is 3. The summed E-state index contributed by atoms with van der Waals surface area (Å²) >= 11 is 0. The molecule has 1 saturated heterocycles. The van der Waals surface area contributed by atoms with Crippen LogP contribution in [0.1, 0.15) is 31.2 Å². The van der Waals surface area contributed by atoms with Crippen LogP contribution in [0.15, 0.2) is 41.4 Å². The van der Waals surface area contributed by atoms with E-state index in [0.29, 0.717) is 6.04 Å². The summed E-state index contributed by atoms with van der Waals surface area (Å²) in [6.45, 7) is 5.30. The summed E-state index contributed by atoms with van der Waals surface area (Å²) in [6, 6.07) is 10.3. The number of rotatable bonds is 5. The van der Waals surface area contributed by atoms with Crippen LogP contribution in [-0.4, -0.2) is 56.2 Å². The van der Waals surface area contributed by atoms with E-state index in [1.165, 1.54) is 50.0 Å². The van der Waals surface area contributed by atoms with E-state index in [2.05, 4.69) is 61.8 Å². The minimum Gasteiger partial charge on any atom is -0.364 e. The largest absolute Gasteiger partial charge is 0.364 e. The van der Waals surface area contributed by atoms with Crippen LogP contribution in [0.2, 0.25) is 0 Å². The molecule has 0 spiro atoms. The fraction of sp³-hybridized carbons (Fsp3) is 0.571. The van der Waals surface area contributed by atoms with Crippen molar-refractivity contribution in [2.24, 2.45) is 4.99 Å². The maximum atomic E-state index is 4.41. The van der Waals surface area contributed by atoms with Gasteiger partial charge in [0.05, 0.1) is 0 Å². The number of benzene rings is 1. The van der Waals surface area contributed by atoms with Crippen molar-refractivity contribution in [2.45, 2.75) is 44.3 Å². The molecule has 4 rings (SSSR count).